The van der Waals surface area contributed by atoms with Crippen LogP contribution in [0.4, 0.5) is 4.39 Å². The Morgan fingerprint density at radius 2 is 1.71 bits per heavy atom. The predicted molar refractivity (Wildman–Crippen MR) is 87.3 cm³/mol. The zero-order chi connectivity index (χ0) is 15.2. The molecule has 21 heavy (non-hydrogen) atoms. The molecule has 1 atom stereocenters. The van der Waals surface area contributed by atoms with Crippen molar-refractivity contribution in [1.29, 1.82) is 0 Å². The van der Waals surface area contributed by atoms with Crippen LogP contribution >= 0.6 is 15.9 Å². The highest BCUT2D eigenvalue weighted by Crippen LogP contribution is 2.26. The molecule has 1 N–H and O–H groups in total. The molecule has 0 aliphatic carbocycles. The number of hydrogen-bond donors (Lipinski definition) is 1. The molecule has 0 heterocycles. The van der Waals surface area contributed by atoms with E-state index in [4.69, 9.17) is 4.74 Å². The van der Waals surface area contributed by atoms with Crippen LogP contribution in [0.5, 0.6) is 5.75 Å². The van der Waals surface area contributed by atoms with Gasteiger partial charge in [-0.15, -0.1) is 0 Å². The van der Waals surface area contributed by atoms with Crippen LogP contribution in [-0.4, -0.2) is 20.2 Å². The van der Waals surface area contributed by atoms with Gasteiger partial charge in [0.1, 0.15) is 11.6 Å². The van der Waals surface area contributed by atoms with Crippen LogP contribution in [0.3, 0.4) is 0 Å². The molecule has 0 spiro atoms. The van der Waals surface area contributed by atoms with Gasteiger partial charge in [0.25, 0.3) is 0 Å². The topological polar surface area (TPSA) is 21.3 Å². The number of hydrogen-bond acceptors (Lipinski definition) is 2. The van der Waals surface area contributed by atoms with Gasteiger partial charge in [-0.05, 0) is 71.2 Å². The fraction of sp³-hybridized carbons (Fsp3) is 0.294. The molecule has 0 fully saturated rings. The first-order valence-electron chi connectivity index (χ1n) is 6.86. The van der Waals surface area contributed by atoms with Crippen LogP contribution in [0, 0.1) is 5.82 Å². The van der Waals surface area contributed by atoms with E-state index in [9.17, 15) is 4.39 Å². The first-order valence-corrected chi connectivity index (χ1v) is 7.66. The number of ether oxygens (including phenoxy) is 1. The van der Waals surface area contributed by atoms with Crippen molar-refractivity contribution in [3.05, 3.63) is 63.9 Å². The quantitative estimate of drug-likeness (QED) is 0.850. The molecule has 0 aromatic heterocycles. The van der Waals surface area contributed by atoms with Gasteiger partial charge in [0.2, 0.25) is 0 Å². The van der Waals surface area contributed by atoms with E-state index in [0.29, 0.717) is 6.04 Å². The zero-order valence-corrected chi connectivity index (χ0v) is 13.8. The molecule has 0 radical (unpaired) electrons. The summed E-state index contributed by atoms with van der Waals surface area (Å²) < 4.78 is 19.1. The minimum Gasteiger partial charge on any atom is -0.496 e. The average molecular weight is 352 g/mol. The fourth-order valence-electron chi connectivity index (χ4n) is 2.30. The first kappa shape index (κ1) is 16.0. The molecule has 0 saturated carbocycles. The Hall–Kier alpha value is -1.39. The van der Waals surface area contributed by atoms with Gasteiger partial charge in [-0.2, -0.15) is 0 Å². The molecule has 0 aliphatic rings. The number of benzene rings is 2. The summed E-state index contributed by atoms with van der Waals surface area (Å²) in [5, 5.41) is 3.32. The largest absolute Gasteiger partial charge is 0.496 e. The number of methoxy groups -OCH3 is 1. The lowest BCUT2D eigenvalue weighted by molar-refractivity contribution is 0.412. The molecule has 2 aromatic rings. The van der Waals surface area contributed by atoms with Gasteiger partial charge in [0.05, 0.1) is 11.6 Å². The summed E-state index contributed by atoms with van der Waals surface area (Å²) in [6.07, 6.45) is 1.76. The molecule has 1 unspecified atom stereocenters. The van der Waals surface area contributed by atoms with Gasteiger partial charge >= 0.3 is 0 Å². The maximum Gasteiger partial charge on any atom is 0.133 e. The van der Waals surface area contributed by atoms with Crippen LogP contribution in [0.1, 0.15) is 11.1 Å². The van der Waals surface area contributed by atoms with Crippen molar-refractivity contribution in [1.82, 2.24) is 5.32 Å². The smallest absolute Gasteiger partial charge is 0.133 e. The molecule has 2 nitrogen and oxygen atoms in total. The Morgan fingerprint density at radius 1 is 1.10 bits per heavy atom. The lowest BCUT2D eigenvalue weighted by Crippen LogP contribution is -2.29. The summed E-state index contributed by atoms with van der Waals surface area (Å²) in [4.78, 5) is 0. The van der Waals surface area contributed by atoms with Gasteiger partial charge in [-0.25, -0.2) is 4.39 Å². The third-order valence-corrected chi connectivity index (χ3v) is 4.12. The predicted octanol–water partition coefficient (Wildman–Crippen LogP) is 3.97. The van der Waals surface area contributed by atoms with Gasteiger partial charge in [-0.3, -0.25) is 0 Å². The van der Waals surface area contributed by atoms with Crippen LogP contribution in [-0.2, 0) is 12.8 Å². The summed E-state index contributed by atoms with van der Waals surface area (Å²) >= 11 is 3.51. The van der Waals surface area contributed by atoms with E-state index in [1.807, 2.05) is 25.2 Å². The van der Waals surface area contributed by atoms with Crippen molar-refractivity contribution < 1.29 is 9.13 Å². The minimum atomic E-state index is -0.196. The van der Waals surface area contributed by atoms with Crippen LogP contribution in [0.2, 0.25) is 0 Å². The van der Waals surface area contributed by atoms with Crippen molar-refractivity contribution >= 4 is 15.9 Å². The molecular weight excluding hydrogens is 333 g/mol. The third-order valence-electron chi connectivity index (χ3n) is 3.50. The highest BCUT2D eigenvalue weighted by molar-refractivity contribution is 9.10. The van der Waals surface area contributed by atoms with Crippen LogP contribution < -0.4 is 10.1 Å². The van der Waals surface area contributed by atoms with Crippen molar-refractivity contribution in [3.63, 3.8) is 0 Å². The van der Waals surface area contributed by atoms with Crippen LogP contribution in [0.25, 0.3) is 0 Å². The van der Waals surface area contributed by atoms with Gasteiger partial charge in [0.15, 0.2) is 0 Å². The second-order valence-electron chi connectivity index (χ2n) is 4.99. The highest BCUT2D eigenvalue weighted by atomic mass is 79.9. The average Bonchev–Trinajstić information content (AvgIpc) is 2.49. The van der Waals surface area contributed by atoms with Gasteiger partial charge < -0.3 is 10.1 Å². The molecule has 2 rings (SSSR count). The van der Waals surface area contributed by atoms with Gasteiger partial charge in [-0.1, -0.05) is 18.2 Å². The molecule has 112 valence electrons. The molecule has 0 saturated heterocycles. The summed E-state index contributed by atoms with van der Waals surface area (Å²) in [5.74, 6) is 0.636. The standard InChI is InChI=1S/C17H19BrFNO/c1-20-15(9-12-3-6-14(19)7-4-12)10-13-5-8-17(21-2)16(18)11-13/h3-8,11,15,20H,9-10H2,1-2H3. The van der Waals surface area contributed by atoms with E-state index in [0.717, 1.165) is 28.6 Å². The number of likely N-dealkylation sites (N-methyl/N-ethyl adjacent to an activating group) is 1. The first-order chi connectivity index (χ1) is 10.1. The Kier molecular flexibility index (Phi) is 5.76. The molecule has 0 amide bonds. The van der Waals surface area contributed by atoms with Crippen molar-refractivity contribution in [2.75, 3.05) is 14.2 Å². The maximum atomic E-state index is 12.9. The minimum absolute atomic E-state index is 0.196. The number of halogens is 2. The molecule has 0 aliphatic heterocycles. The maximum absolute atomic E-state index is 12.9. The number of nitrogens with one attached hydrogen (secondary N) is 1. The van der Waals surface area contributed by atoms with E-state index < -0.39 is 0 Å². The Balaban J connectivity index is 2.05. The molecule has 2 aromatic carbocycles. The Labute approximate surface area is 133 Å². The summed E-state index contributed by atoms with van der Waals surface area (Å²) in [5.41, 5.74) is 2.35. The second-order valence-corrected chi connectivity index (χ2v) is 5.84. The van der Waals surface area contributed by atoms with Crippen molar-refractivity contribution in [3.8, 4) is 5.75 Å². The third kappa shape index (κ3) is 4.55. The molecule has 4 heteroatoms. The SMILES string of the molecule is CNC(Cc1ccc(F)cc1)Cc1ccc(OC)c(Br)c1. The van der Waals surface area contributed by atoms with E-state index in [1.54, 1.807) is 7.11 Å². The lowest BCUT2D eigenvalue weighted by atomic mass is 9.99. The van der Waals surface area contributed by atoms with Crippen molar-refractivity contribution in [2.24, 2.45) is 0 Å². The van der Waals surface area contributed by atoms with Crippen LogP contribution in [0.15, 0.2) is 46.9 Å². The molecule has 0 bridgehead atoms. The normalized spacial score (nSPS) is 12.2. The fourth-order valence-corrected chi connectivity index (χ4v) is 2.89. The lowest BCUT2D eigenvalue weighted by Gasteiger charge is -2.17. The van der Waals surface area contributed by atoms with Crippen molar-refractivity contribution in [2.45, 2.75) is 18.9 Å². The highest BCUT2D eigenvalue weighted by Gasteiger charge is 2.10. The monoisotopic (exact) mass is 351 g/mol. The van der Waals surface area contributed by atoms with Gasteiger partial charge in [0, 0.05) is 6.04 Å². The molecular formula is C17H19BrFNO. The van der Waals surface area contributed by atoms with E-state index in [-0.39, 0.29) is 5.82 Å². The van der Waals surface area contributed by atoms with E-state index in [2.05, 4.69) is 33.4 Å². The Bertz CT molecular complexity index is 586. The summed E-state index contributed by atoms with van der Waals surface area (Å²) in [6, 6.07) is 13.1. The Morgan fingerprint density at radius 3 is 2.29 bits per heavy atom. The summed E-state index contributed by atoms with van der Waals surface area (Å²) in [6.45, 7) is 0. The number of rotatable bonds is 6. The second kappa shape index (κ2) is 7.57. The van der Waals surface area contributed by atoms with E-state index in [1.165, 1.54) is 17.7 Å². The van der Waals surface area contributed by atoms with E-state index >= 15 is 0 Å². The summed E-state index contributed by atoms with van der Waals surface area (Å²) in [7, 11) is 3.61. The zero-order valence-electron chi connectivity index (χ0n) is 12.2.